The maximum absolute atomic E-state index is 5.86. The maximum atomic E-state index is 5.86. The monoisotopic (exact) mass is 298 g/mol. The van der Waals surface area contributed by atoms with Crippen LogP contribution in [-0.2, 0) is 0 Å². The molecule has 0 saturated heterocycles. The summed E-state index contributed by atoms with van der Waals surface area (Å²) in [7, 11) is 0. The van der Waals surface area contributed by atoms with Crippen LogP contribution < -0.4 is 10.1 Å². The highest BCUT2D eigenvalue weighted by atomic mass is 35.5. The molecule has 112 valence electrons. The van der Waals surface area contributed by atoms with Gasteiger partial charge in [-0.05, 0) is 36.8 Å². The molecule has 0 bridgehead atoms. The summed E-state index contributed by atoms with van der Waals surface area (Å²) >= 11 is 5.86. The summed E-state index contributed by atoms with van der Waals surface area (Å²) in [5.41, 5.74) is 0. The van der Waals surface area contributed by atoms with Gasteiger partial charge in [-0.15, -0.1) is 0 Å². The van der Waals surface area contributed by atoms with Crippen molar-refractivity contribution in [1.82, 2.24) is 15.0 Å². The van der Waals surface area contributed by atoms with E-state index in [1.165, 1.54) is 32.1 Å². The second-order valence-electron chi connectivity index (χ2n) is 5.28. The molecule has 0 radical (unpaired) electrons. The SMILES string of the molecule is CCCOc1nc(Cl)nc(NCCCC2CCCC2)n1. The summed E-state index contributed by atoms with van der Waals surface area (Å²) in [6.45, 7) is 3.48. The summed E-state index contributed by atoms with van der Waals surface area (Å²) in [6, 6.07) is 0.296. The molecular formula is C14H23ClN4O. The Kier molecular flexibility index (Phi) is 6.30. The zero-order valence-electron chi connectivity index (χ0n) is 12.1. The second kappa shape index (κ2) is 8.25. The van der Waals surface area contributed by atoms with Gasteiger partial charge in [-0.25, -0.2) is 0 Å². The molecule has 1 aromatic heterocycles. The highest BCUT2D eigenvalue weighted by Crippen LogP contribution is 2.28. The first-order chi connectivity index (χ1) is 9.78. The fourth-order valence-corrected chi connectivity index (χ4v) is 2.71. The minimum Gasteiger partial charge on any atom is -0.463 e. The number of ether oxygens (including phenoxy) is 1. The quantitative estimate of drug-likeness (QED) is 0.742. The molecule has 1 aromatic rings. The van der Waals surface area contributed by atoms with Crippen molar-refractivity contribution >= 4 is 17.5 Å². The molecule has 0 amide bonds. The van der Waals surface area contributed by atoms with Gasteiger partial charge in [0.25, 0.3) is 0 Å². The van der Waals surface area contributed by atoms with Gasteiger partial charge in [-0.1, -0.05) is 32.6 Å². The Hall–Kier alpha value is -1.10. The Labute approximate surface area is 125 Å². The maximum Gasteiger partial charge on any atom is 0.322 e. The van der Waals surface area contributed by atoms with Crippen LogP contribution >= 0.6 is 11.6 Å². The summed E-state index contributed by atoms with van der Waals surface area (Å²) < 4.78 is 5.38. The predicted octanol–water partition coefficient (Wildman–Crippen LogP) is 3.70. The first-order valence-electron chi connectivity index (χ1n) is 7.56. The number of rotatable bonds is 8. The van der Waals surface area contributed by atoms with E-state index in [-0.39, 0.29) is 5.28 Å². The number of nitrogens with zero attached hydrogens (tertiary/aromatic N) is 3. The van der Waals surface area contributed by atoms with E-state index in [0.29, 0.717) is 18.6 Å². The van der Waals surface area contributed by atoms with Gasteiger partial charge >= 0.3 is 6.01 Å². The summed E-state index contributed by atoms with van der Waals surface area (Å²) in [4.78, 5) is 12.2. The Morgan fingerprint density at radius 3 is 2.80 bits per heavy atom. The third kappa shape index (κ3) is 5.12. The van der Waals surface area contributed by atoms with Crippen LogP contribution in [-0.4, -0.2) is 28.1 Å². The van der Waals surface area contributed by atoms with E-state index in [1.807, 2.05) is 6.92 Å². The number of anilines is 1. The molecule has 0 atom stereocenters. The summed E-state index contributed by atoms with van der Waals surface area (Å²) in [6.07, 6.45) is 8.93. The van der Waals surface area contributed by atoms with E-state index in [4.69, 9.17) is 16.3 Å². The molecule has 20 heavy (non-hydrogen) atoms. The van der Waals surface area contributed by atoms with E-state index >= 15 is 0 Å². The minimum atomic E-state index is 0.171. The number of halogens is 1. The molecule has 0 spiro atoms. The third-order valence-corrected chi connectivity index (χ3v) is 3.74. The Morgan fingerprint density at radius 2 is 2.05 bits per heavy atom. The van der Waals surface area contributed by atoms with Crippen LogP contribution in [0.3, 0.4) is 0 Å². The largest absolute Gasteiger partial charge is 0.463 e. The lowest BCUT2D eigenvalue weighted by Gasteiger charge is -2.10. The lowest BCUT2D eigenvalue weighted by atomic mass is 10.0. The highest BCUT2D eigenvalue weighted by Gasteiger charge is 2.14. The number of hydrogen-bond acceptors (Lipinski definition) is 5. The molecule has 0 unspecified atom stereocenters. The molecule has 1 N–H and O–H groups in total. The summed E-state index contributed by atoms with van der Waals surface area (Å²) in [5, 5.41) is 3.37. The van der Waals surface area contributed by atoms with Crippen molar-refractivity contribution in [2.45, 2.75) is 51.9 Å². The van der Waals surface area contributed by atoms with Crippen molar-refractivity contribution < 1.29 is 4.74 Å². The van der Waals surface area contributed by atoms with E-state index < -0.39 is 0 Å². The molecule has 6 heteroatoms. The fraction of sp³-hybridized carbons (Fsp3) is 0.786. The van der Waals surface area contributed by atoms with E-state index in [1.54, 1.807) is 0 Å². The molecule has 5 nitrogen and oxygen atoms in total. The highest BCUT2D eigenvalue weighted by molar-refractivity contribution is 6.28. The van der Waals surface area contributed by atoms with Crippen LogP contribution in [0.5, 0.6) is 6.01 Å². The van der Waals surface area contributed by atoms with Gasteiger partial charge in [0.2, 0.25) is 11.2 Å². The van der Waals surface area contributed by atoms with Crippen LogP contribution in [0.15, 0.2) is 0 Å². The molecule has 1 heterocycles. The third-order valence-electron chi connectivity index (χ3n) is 3.57. The molecule has 2 rings (SSSR count). The first-order valence-corrected chi connectivity index (χ1v) is 7.94. The van der Waals surface area contributed by atoms with Crippen molar-refractivity contribution in [3.8, 4) is 6.01 Å². The van der Waals surface area contributed by atoms with E-state index in [0.717, 1.165) is 25.3 Å². The van der Waals surface area contributed by atoms with Gasteiger partial charge in [0.15, 0.2) is 0 Å². The van der Waals surface area contributed by atoms with E-state index in [2.05, 4.69) is 20.3 Å². The Bertz CT molecular complexity index is 410. The smallest absolute Gasteiger partial charge is 0.322 e. The predicted molar refractivity (Wildman–Crippen MR) is 80.3 cm³/mol. The van der Waals surface area contributed by atoms with Gasteiger partial charge in [-0.3, -0.25) is 0 Å². The van der Waals surface area contributed by atoms with Crippen molar-refractivity contribution in [2.24, 2.45) is 5.92 Å². The van der Waals surface area contributed by atoms with Gasteiger partial charge in [0.05, 0.1) is 6.61 Å². The lowest BCUT2D eigenvalue weighted by molar-refractivity contribution is 0.291. The van der Waals surface area contributed by atoms with E-state index in [9.17, 15) is 0 Å². The molecular weight excluding hydrogens is 276 g/mol. The van der Waals surface area contributed by atoms with Gasteiger partial charge in [0.1, 0.15) is 0 Å². The topological polar surface area (TPSA) is 59.9 Å². The van der Waals surface area contributed by atoms with Crippen LogP contribution in [0.1, 0.15) is 51.9 Å². The standard InChI is InChI=1S/C14H23ClN4O/c1-2-10-20-14-18-12(15)17-13(19-14)16-9-5-8-11-6-3-4-7-11/h11H,2-10H2,1H3,(H,16,17,18,19). The van der Waals surface area contributed by atoms with Gasteiger partial charge in [0, 0.05) is 6.54 Å². The molecule has 0 aromatic carbocycles. The average Bonchev–Trinajstić information content (AvgIpc) is 2.94. The zero-order valence-corrected chi connectivity index (χ0v) is 12.8. The fourth-order valence-electron chi connectivity index (χ4n) is 2.56. The number of nitrogens with one attached hydrogen (secondary N) is 1. The van der Waals surface area contributed by atoms with Crippen LogP contribution in [0.25, 0.3) is 0 Å². The molecule has 1 aliphatic rings. The van der Waals surface area contributed by atoms with Crippen molar-refractivity contribution in [1.29, 1.82) is 0 Å². The van der Waals surface area contributed by atoms with Crippen LogP contribution in [0, 0.1) is 5.92 Å². The van der Waals surface area contributed by atoms with Crippen molar-refractivity contribution in [3.05, 3.63) is 5.28 Å². The lowest BCUT2D eigenvalue weighted by Crippen LogP contribution is -2.09. The number of hydrogen-bond donors (Lipinski definition) is 1. The Morgan fingerprint density at radius 1 is 1.25 bits per heavy atom. The van der Waals surface area contributed by atoms with Crippen molar-refractivity contribution in [3.63, 3.8) is 0 Å². The van der Waals surface area contributed by atoms with Gasteiger partial charge < -0.3 is 10.1 Å². The van der Waals surface area contributed by atoms with Crippen LogP contribution in [0.4, 0.5) is 5.95 Å². The minimum absolute atomic E-state index is 0.171. The summed E-state index contributed by atoms with van der Waals surface area (Å²) in [5.74, 6) is 1.42. The number of aromatic nitrogens is 3. The molecule has 1 saturated carbocycles. The van der Waals surface area contributed by atoms with Crippen molar-refractivity contribution in [2.75, 3.05) is 18.5 Å². The van der Waals surface area contributed by atoms with Crippen LogP contribution in [0.2, 0.25) is 5.28 Å². The molecule has 1 aliphatic carbocycles. The normalized spacial score (nSPS) is 15.5. The average molecular weight is 299 g/mol. The van der Waals surface area contributed by atoms with Gasteiger partial charge in [-0.2, -0.15) is 15.0 Å². The second-order valence-corrected chi connectivity index (χ2v) is 5.62. The first kappa shape index (κ1) is 15.3. The molecule has 1 fully saturated rings. The zero-order chi connectivity index (χ0) is 14.2. The molecule has 0 aliphatic heterocycles. The Balaban J connectivity index is 1.74.